The first-order valence-corrected chi connectivity index (χ1v) is 10.9. The molecule has 0 atom stereocenters. The largest absolute Gasteiger partial charge is 0.341 e. The number of carbonyl (C=O) groups excluding carboxylic acids is 1. The van der Waals surface area contributed by atoms with Gasteiger partial charge in [0.25, 0.3) is 5.91 Å². The first-order chi connectivity index (χ1) is 14.7. The maximum Gasteiger partial charge on any atom is 0.252 e. The van der Waals surface area contributed by atoms with Gasteiger partial charge < -0.3 is 5.32 Å². The number of benzene rings is 3. The molecule has 3 aromatic carbocycles. The summed E-state index contributed by atoms with van der Waals surface area (Å²) < 4.78 is 0. The Morgan fingerprint density at radius 3 is 1.93 bits per heavy atom. The fraction of sp³-hybridized carbons (Fsp3) is 0.296. The quantitative estimate of drug-likeness (QED) is 0.600. The molecule has 1 aliphatic rings. The topological polar surface area (TPSA) is 32.3 Å². The van der Waals surface area contributed by atoms with Gasteiger partial charge in [-0.1, -0.05) is 79.7 Å². The molecule has 0 unspecified atom stereocenters. The zero-order valence-corrected chi connectivity index (χ0v) is 17.6. The number of hydrogen-bond acceptors (Lipinski definition) is 2. The van der Waals surface area contributed by atoms with Gasteiger partial charge in [0.15, 0.2) is 0 Å². The molecule has 1 aliphatic heterocycles. The summed E-state index contributed by atoms with van der Waals surface area (Å²) in [5.41, 5.74) is 4.12. The van der Waals surface area contributed by atoms with Crippen LogP contribution in [0.15, 0.2) is 84.9 Å². The van der Waals surface area contributed by atoms with Crippen LogP contribution in [0.4, 0.5) is 0 Å². The first-order valence-electron chi connectivity index (χ1n) is 10.9. The van der Waals surface area contributed by atoms with E-state index in [4.69, 9.17) is 0 Å². The Labute approximate surface area is 179 Å². The highest BCUT2D eigenvalue weighted by atomic mass is 16.1. The fourth-order valence-electron chi connectivity index (χ4n) is 4.10. The van der Waals surface area contributed by atoms with E-state index < -0.39 is 0 Å². The van der Waals surface area contributed by atoms with Crippen LogP contribution in [0, 0.1) is 5.92 Å². The maximum absolute atomic E-state index is 13.0. The molecule has 3 nitrogen and oxygen atoms in total. The van der Waals surface area contributed by atoms with E-state index in [2.05, 4.69) is 53.5 Å². The molecule has 3 aromatic rings. The van der Waals surface area contributed by atoms with Gasteiger partial charge in [0.1, 0.15) is 0 Å². The van der Waals surface area contributed by atoms with Crippen molar-refractivity contribution in [2.24, 2.45) is 5.92 Å². The van der Waals surface area contributed by atoms with Gasteiger partial charge in [-0.15, -0.1) is 0 Å². The number of nitrogens with one attached hydrogen (secondary N) is 1. The van der Waals surface area contributed by atoms with E-state index in [1.54, 1.807) is 0 Å². The summed E-state index contributed by atoms with van der Waals surface area (Å²) >= 11 is 0. The highest BCUT2D eigenvalue weighted by molar-refractivity contribution is 5.94. The van der Waals surface area contributed by atoms with Crippen molar-refractivity contribution in [3.8, 4) is 0 Å². The molecular weight excluding hydrogens is 368 g/mol. The number of likely N-dealkylation sites (tertiary alicyclic amines) is 1. The minimum Gasteiger partial charge on any atom is -0.341 e. The molecule has 4 rings (SSSR count). The number of amides is 1. The third-order valence-electron chi connectivity index (χ3n) is 6.04. The average molecular weight is 399 g/mol. The van der Waals surface area contributed by atoms with E-state index in [1.165, 1.54) is 31.5 Å². The van der Waals surface area contributed by atoms with E-state index in [-0.39, 0.29) is 11.9 Å². The molecule has 1 fully saturated rings. The molecule has 0 aliphatic carbocycles. The Morgan fingerprint density at radius 2 is 1.40 bits per heavy atom. The predicted molar refractivity (Wildman–Crippen MR) is 122 cm³/mol. The lowest BCUT2D eigenvalue weighted by Gasteiger charge is -2.30. The summed E-state index contributed by atoms with van der Waals surface area (Å²) in [6.07, 6.45) is 2.56. The third-order valence-corrected chi connectivity index (χ3v) is 6.04. The molecule has 1 N–H and O–H groups in total. The van der Waals surface area contributed by atoms with Crippen molar-refractivity contribution in [3.63, 3.8) is 0 Å². The van der Waals surface area contributed by atoms with Crippen LogP contribution < -0.4 is 5.32 Å². The SMILES string of the molecule is CC1CCN(Cc2ccc(C(=O)NC(c3ccccc3)c3ccccc3)cc2)CC1. The van der Waals surface area contributed by atoms with Crippen LogP contribution in [-0.4, -0.2) is 23.9 Å². The lowest BCUT2D eigenvalue weighted by Crippen LogP contribution is -2.32. The second kappa shape index (κ2) is 9.73. The summed E-state index contributed by atoms with van der Waals surface area (Å²) in [5, 5.41) is 3.22. The summed E-state index contributed by atoms with van der Waals surface area (Å²) in [7, 11) is 0. The zero-order chi connectivity index (χ0) is 20.8. The first kappa shape index (κ1) is 20.4. The van der Waals surface area contributed by atoms with Gasteiger partial charge in [0.2, 0.25) is 0 Å². The smallest absolute Gasteiger partial charge is 0.252 e. The number of carbonyl (C=O) groups is 1. The maximum atomic E-state index is 13.0. The van der Waals surface area contributed by atoms with E-state index in [1.807, 2.05) is 48.5 Å². The van der Waals surface area contributed by atoms with Gasteiger partial charge in [-0.05, 0) is 60.7 Å². The monoisotopic (exact) mass is 398 g/mol. The average Bonchev–Trinajstić information content (AvgIpc) is 2.80. The predicted octanol–water partition coefficient (Wildman–Crippen LogP) is 5.44. The zero-order valence-electron chi connectivity index (χ0n) is 17.6. The molecule has 0 spiro atoms. The fourth-order valence-corrected chi connectivity index (χ4v) is 4.10. The summed E-state index contributed by atoms with van der Waals surface area (Å²) in [6, 6.07) is 28.2. The molecule has 3 heteroatoms. The normalized spacial score (nSPS) is 15.3. The van der Waals surface area contributed by atoms with Gasteiger partial charge in [-0.2, -0.15) is 0 Å². The van der Waals surface area contributed by atoms with Gasteiger partial charge in [-0.3, -0.25) is 9.69 Å². The van der Waals surface area contributed by atoms with Crippen LogP contribution in [0.3, 0.4) is 0 Å². The highest BCUT2D eigenvalue weighted by Gasteiger charge is 2.18. The minimum absolute atomic E-state index is 0.0500. The van der Waals surface area contributed by atoms with Crippen LogP contribution in [0.1, 0.15) is 52.9 Å². The number of rotatable bonds is 6. The standard InChI is InChI=1S/C27H30N2O/c1-21-16-18-29(19-17-21)20-22-12-14-25(15-13-22)27(30)28-26(23-8-4-2-5-9-23)24-10-6-3-7-11-24/h2-15,21,26H,16-20H2,1H3,(H,28,30). The molecule has 0 bridgehead atoms. The second-order valence-corrected chi connectivity index (χ2v) is 8.38. The van der Waals surface area contributed by atoms with E-state index in [0.717, 1.165) is 23.6 Å². The Morgan fingerprint density at radius 1 is 0.867 bits per heavy atom. The summed E-state index contributed by atoms with van der Waals surface area (Å²) in [4.78, 5) is 15.5. The molecule has 0 saturated carbocycles. The second-order valence-electron chi connectivity index (χ2n) is 8.38. The molecule has 0 aromatic heterocycles. The highest BCUT2D eigenvalue weighted by Crippen LogP contribution is 2.23. The van der Waals surface area contributed by atoms with Crippen LogP contribution >= 0.6 is 0 Å². The Hall–Kier alpha value is -2.91. The van der Waals surface area contributed by atoms with Crippen molar-refractivity contribution in [3.05, 3.63) is 107 Å². The van der Waals surface area contributed by atoms with Gasteiger partial charge in [0, 0.05) is 12.1 Å². The lowest BCUT2D eigenvalue weighted by atomic mass is 9.98. The Bertz CT molecular complexity index is 890. The van der Waals surface area contributed by atoms with Crippen LogP contribution in [0.5, 0.6) is 0 Å². The van der Waals surface area contributed by atoms with Crippen LogP contribution in [0.25, 0.3) is 0 Å². The van der Waals surface area contributed by atoms with Gasteiger partial charge in [-0.25, -0.2) is 0 Å². The molecule has 0 radical (unpaired) electrons. The molecular formula is C27H30N2O. The van der Waals surface area contributed by atoms with Crippen molar-refractivity contribution < 1.29 is 4.79 Å². The molecule has 1 heterocycles. The molecule has 1 saturated heterocycles. The van der Waals surface area contributed by atoms with Crippen molar-refractivity contribution in [1.82, 2.24) is 10.2 Å². The van der Waals surface area contributed by atoms with Gasteiger partial charge in [0.05, 0.1) is 6.04 Å². The van der Waals surface area contributed by atoms with E-state index >= 15 is 0 Å². The van der Waals surface area contributed by atoms with E-state index in [9.17, 15) is 4.79 Å². The molecule has 30 heavy (non-hydrogen) atoms. The summed E-state index contributed by atoms with van der Waals surface area (Å²) in [5.74, 6) is 0.792. The molecule has 1 amide bonds. The Balaban J connectivity index is 1.45. The third kappa shape index (κ3) is 5.17. The van der Waals surface area contributed by atoms with Crippen molar-refractivity contribution in [1.29, 1.82) is 0 Å². The summed E-state index contributed by atoms with van der Waals surface area (Å²) in [6.45, 7) is 5.63. The number of hydrogen-bond donors (Lipinski definition) is 1. The van der Waals surface area contributed by atoms with E-state index in [0.29, 0.717) is 5.56 Å². The molecule has 154 valence electrons. The number of piperidine rings is 1. The van der Waals surface area contributed by atoms with Gasteiger partial charge >= 0.3 is 0 Å². The minimum atomic E-state index is -0.171. The van der Waals surface area contributed by atoms with Crippen molar-refractivity contribution in [2.75, 3.05) is 13.1 Å². The lowest BCUT2D eigenvalue weighted by molar-refractivity contribution is 0.0943. The number of nitrogens with zero attached hydrogens (tertiary/aromatic N) is 1. The van der Waals surface area contributed by atoms with Crippen LogP contribution in [-0.2, 0) is 6.54 Å². The van der Waals surface area contributed by atoms with Crippen molar-refractivity contribution in [2.45, 2.75) is 32.4 Å². The van der Waals surface area contributed by atoms with Crippen LogP contribution in [0.2, 0.25) is 0 Å². The van der Waals surface area contributed by atoms with Crippen molar-refractivity contribution >= 4 is 5.91 Å². The Kier molecular flexibility index (Phi) is 6.60.